The van der Waals surface area contributed by atoms with Gasteiger partial charge in [0.2, 0.25) is 5.91 Å². The number of nitrogens with one attached hydrogen (secondary N) is 1. The first-order valence-electron chi connectivity index (χ1n) is 7.27. The van der Waals surface area contributed by atoms with Gasteiger partial charge in [-0.3, -0.25) is 4.79 Å². The van der Waals surface area contributed by atoms with Crippen molar-refractivity contribution >= 4 is 28.1 Å². The molecule has 3 N–H and O–H groups in total. The minimum atomic E-state index is -0.0380. The minimum Gasteiger partial charge on any atom is -0.398 e. The Balaban J connectivity index is 1.87. The number of benzene rings is 3. The van der Waals surface area contributed by atoms with Gasteiger partial charge in [-0.2, -0.15) is 0 Å². The zero-order valence-corrected chi connectivity index (χ0v) is 12.5. The molecule has 0 saturated heterocycles. The lowest BCUT2D eigenvalue weighted by molar-refractivity contribution is -0.115. The van der Waals surface area contributed by atoms with Gasteiger partial charge in [0.05, 0.1) is 6.42 Å². The second-order valence-electron chi connectivity index (χ2n) is 5.39. The second kappa shape index (κ2) is 5.90. The average Bonchev–Trinajstić information content (AvgIpc) is 2.53. The summed E-state index contributed by atoms with van der Waals surface area (Å²) < 4.78 is 0. The van der Waals surface area contributed by atoms with E-state index in [0.29, 0.717) is 6.42 Å². The fourth-order valence-electron chi connectivity index (χ4n) is 2.62. The standard InChI is InChI=1S/C19H18N2O/c1-13-15(11-14-7-5-6-10-17(14)19(13)20)12-18(22)21-16-8-3-2-4-9-16/h2-11H,12,20H2,1H3,(H,21,22). The SMILES string of the molecule is Cc1c(CC(=O)Nc2ccccc2)cc2ccccc2c1N. The maximum atomic E-state index is 12.2. The van der Waals surface area contributed by atoms with E-state index in [2.05, 4.69) is 5.32 Å². The first-order valence-corrected chi connectivity index (χ1v) is 7.27. The van der Waals surface area contributed by atoms with Crippen LogP contribution in [-0.4, -0.2) is 5.91 Å². The third kappa shape index (κ3) is 2.79. The number of hydrogen-bond acceptors (Lipinski definition) is 2. The Bertz CT molecular complexity index is 825. The molecular formula is C19H18N2O. The number of nitrogen functional groups attached to an aromatic ring is 1. The molecule has 0 heterocycles. The molecule has 3 aromatic rings. The van der Waals surface area contributed by atoms with Gasteiger partial charge in [0.15, 0.2) is 0 Å². The maximum absolute atomic E-state index is 12.2. The van der Waals surface area contributed by atoms with Crippen LogP contribution in [0, 0.1) is 6.92 Å². The van der Waals surface area contributed by atoms with Crippen molar-refractivity contribution in [3.63, 3.8) is 0 Å². The van der Waals surface area contributed by atoms with E-state index < -0.39 is 0 Å². The molecule has 0 unspecified atom stereocenters. The number of carbonyl (C=O) groups is 1. The van der Waals surface area contributed by atoms with Gasteiger partial charge in [-0.1, -0.05) is 48.5 Å². The van der Waals surface area contributed by atoms with Gasteiger partial charge in [0.25, 0.3) is 0 Å². The molecule has 0 atom stereocenters. The molecule has 3 heteroatoms. The number of amides is 1. The van der Waals surface area contributed by atoms with E-state index in [-0.39, 0.29) is 5.91 Å². The zero-order valence-electron chi connectivity index (χ0n) is 12.5. The topological polar surface area (TPSA) is 55.1 Å². The molecule has 0 aromatic heterocycles. The van der Waals surface area contributed by atoms with Gasteiger partial charge in [-0.05, 0) is 35.6 Å². The third-order valence-corrected chi connectivity index (χ3v) is 3.87. The predicted molar refractivity (Wildman–Crippen MR) is 91.9 cm³/mol. The summed E-state index contributed by atoms with van der Waals surface area (Å²) in [6, 6.07) is 19.5. The lowest BCUT2D eigenvalue weighted by Gasteiger charge is -2.12. The van der Waals surface area contributed by atoms with E-state index in [9.17, 15) is 4.79 Å². The summed E-state index contributed by atoms with van der Waals surface area (Å²) in [5, 5.41) is 5.00. The van der Waals surface area contributed by atoms with Crippen LogP contribution in [0.15, 0.2) is 60.7 Å². The summed E-state index contributed by atoms with van der Waals surface area (Å²) >= 11 is 0. The molecule has 110 valence electrons. The molecule has 3 rings (SSSR count). The van der Waals surface area contributed by atoms with Crippen molar-refractivity contribution in [3.8, 4) is 0 Å². The van der Waals surface area contributed by atoms with E-state index in [1.165, 1.54) is 0 Å². The number of anilines is 2. The summed E-state index contributed by atoms with van der Waals surface area (Å²) in [6.45, 7) is 1.97. The van der Waals surface area contributed by atoms with Crippen molar-refractivity contribution in [2.24, 2.45) is 0 Å². The molecule has 0 spiro atoms. The van der Waals surface area contributed by atoms with Crippen molar-refractivity contribution in [3.05, 3.63) is 71.8 Å². The maximum Gasteiger partial charge on any atom is 0.228 e. The molecule has 1 amide bonds. The normalized spacial score (nSPS) is 10.6. The molecule has 0 radical (unpaired) electrons. The van der Waals surface area contributed by atoms with Gasteiger partial charge in [0.1, 0.15) is 0 Å². The Morgan fingerprint density at radius 3 is 2.50 bits per heavy atom. The van der Waals surface area contributed by atoms with E-state index in [1.54, 1.807) is 0 Å². The molecule has 0 fully saturated rings. The largest absolute Gasteiger partial charge is 0.398 e. The van der Waals surface area contributed by atoms with Crippen LogP contribution in [0.5, 0.6) is 0 Å². The highest BCUT2D eigenvalue weighted by molar-refractivity contribution is 5.98. The molecular weight excluding hydrogens is 272 g/mol. The minimum absolute atomic E-state index is 0.0380. The van der Waals surface area contributed by atoms with E-state index >= 15 is 0 Å². The number of hydrogen-bond donors (Lipinski definition) is 2. The van der Waals surface area contributed by atoms with Crippen molar-refractivity contribution in [2.75, 3.05) is 11.1 Å². The first-order chi connectivity index (χ1) is 10.6. The lowest BCUT2D eigenvalue weighted by atomic mass is 9.97. The summed E-state index contributed by atoms with van der Waals surface area (Å²) in [6.07, 6.45) is 0.315. The van der Waals surface area contributed by atoms with Gasteiger partial charge in [0, 0.05) is 16.8 Å². The van der Waals surface area contributed by atoms with Crippen LogP contribution < -0.4 is 11.1 Å². The third-order valence-electron chi connectivity index (χ3n) is 3.87. The average molecular weight is 290 g/mol. The highest BCUT2D eigenvalue weighted by Crippen LogP contribution is 2.28. The Morgan fingerprint density at radius 2 is 1.73 bits per heavy atom. The summed E-state index contributed by atoms with van der Waals surface area (Å²) in [7, 11) is 0. The van der Waals surface area contributed by atoms with Crippen LogP contribution in [0.25, 0.3) is 10.8 Å². The molecule has 0 aliphatic carbocycles. The lowest BCUT2D eigenvalue weighted by Crippen LogP contribution is -2.15. The smallest absolute Gasteiger partial charge is 0.228 e. The van der Waals surface area contributed by atoms with Crippen LogP contribution in [0.3, 0.4) is 0 Å². The van der Waals surface area contributed by atoms with E-state index in [1.807, 2.05) is 67.6 Å². The monoisotopic (exact) mass is 290 g/mol. The Hall–Kier alpha value is -2.81. The van der Waals surface area contributed by atoms with Crippen LogP contribution in [-0.2, 0) is 11.2 Å². The Kier molecular flexibility index (Phi) is 3.79. The molecule has 0 bridgehead atoms. The summed E-state index contributed by atoms with van der Waals surface area (Å²) in [5.74, 6) is -0.0380. The number of carbonyl (C=O) groups excluding carboxylic acids is 1. The van der Waals surface area contributed by atoms with Crippen LogP contribution >= 0.6 is 0 Å². The predicted octanol–water partition coefficient (Wildman–Crippen LogP) is 3.91. The summed E-state index contributed by atoms with van der Waals surface area (Å²) in [4.78, 5) is 12.2. The van der Waals surface area contributed by atoms with Crippen molar-refractivity contribution in [2.45, 2.75) is 13.3 Å². The van der Waals surface area contributed by atoms with Crippen LogP contribution in [0.4, 0.5) is 11.4 Å². The Labute approximate surface area is 129 Å². The zero-order chi connectivity index (χ0) is 15.5. The molecule has 0 aliphatic heterocycles. The highest BCUT2D eigenvalue weighted by Gasteiger charge is 2.11. The Morgan fingerprint density at radius 1 is 1.05 bits per heavy atom. The van der Waals surface area contributed by atoms with E-state index in [0.717, 1.165) is 33.3 Å². The number of nitrogens with two attached hydrogens (primary N) is 1. The van der Waals surface area contributed by atoms with Crippen LogP contribution in [0.1, 0.15) is 11.1 Å². The fraction of sp³-hybridized carbons (Fsp3) is 0.105. The van der Waals surface area contributed by atoms with Gasteiger partial charge >= 0.3 is 0 Å². The van der Waals surface area contributed by atoms with Gasteiger partial charge < -0.3 is 11.1 Å². The molecule has 3 aromatic carbocycles. The summed E-state index contributed by atoms with van der Waals surface area (Å²) in [5.41, 5.74) is 9.71. The number of fused-ring (bicyclic) bond motifs is 1. The molecule has 22 heavy (non-hydrogen) atoms. The van der Waals surface area contributed by atoms with Gasteiger partial charge in [-0.15, -0.1) is 0 Å². The van der Waals surface area contributed by atoms with Crippen LogP contribution in [0.2, 0.25) is 0 Å². The fourth-order valence-corrected chi connectivity index (χ4v) is 2.62. The highest BCUT2D eigenvalue weighted by atomic mass is 16.1. The second-order valence-corrected chi connectivity index (χ2v) is 5.39. The van der Waals surface area contributed by atoms with Crippen molar-refractivity contribution in [1.82, 2.24) is 0 Å². The number of para-hydroxylation sites is 1. The molecule has 0 saturated carbocycles. The van der Waals surface area contributed by atoms with Crippen molar-refractivity contribution < 1.29 is 4.79 Å². The quantitative estimate of drug-likeness (QED) is 0.718. The molecule has 0 aliphatic rings. The number of rotatable bonds is 3. The van der Waals surface area contributed by atoms with E-state index in [4.69, 9.17) is 5.73 Å². The first kappa shape index (κ1) is 14.1. The van der Waals surface area contributed by atoms with Gasteiger partial charge in [-0.25, -0.2) is 0 Å². The molecule has 3 nitrogen and oxygen atoms in total. The van der Waals surface area contributed by atoms with Crippen molar-refractivity contribution in [1.29, 1.82) is 0 Å².